The van der Waals surface area contributed by atoms with Crippen molar-refractivity contribution in [1.82, 2.24) is 0 Å². The van der Waals surface area contributed by atoms with Gasteiger partial charge in [0.2, 0.25) is 0 Å². The molecule has 1 atom stereocenters. The van der Waals surface area contributed by atoms with Gasteiger partial charge in [-0.2, -0.15) is 0 Å². The lowest BCUT2D eigenvalue weighted by atomic mass is 9.91. The van der Waals surface area contributed by atoms with Crippen molar-refractivity contribution in [3.8, 4) is 11.5 Å². The van der Waals surface area contributed by atoms with E-state index in [4.69, 9.17) is 21.1 Å². The molecule has 2 aromatic carbocycles. The van der Waals surface area contributed by atoms with Crippen molar-refractivity contribution in [2.24, 2.45) is 0 Å². The van der Waals surface area contributed by atoms with Gasteiger partial charge in [0.1, 0.15) is 11.5 Å². The molecule has 1 unspecified atom stereocenters. The van der Waals surface area contributed by atoms with E-state index in [1.54, 1.807) is 32.2 Å². The highest BCUT2D eigenvalue weighted by Gasteiger charge is 2.20. The van der Waals surface area contributed by atoms with Gasteiger partial charge in [-0.25, -0.2) is 0 Å². The SMILES string of the molecule is COc1ccc(Cl)cc1NC(=O)C(C)Oc1cccc2c1CCCC2. The summed E-state index contributed by atoms with van der Waals surface area (Å²) in [7, 11) is 1.55. The van der Waals surface area contributed by atoms with Crippen LogP contribution in [0.4, 0.5) is 5.69 Å². The third-order valence-electron chi connectivity index (χ3n) is 4.45. The van der Waals surface area contributed by atoms with Crippen LogP contribution < -0.4 is 14.8 Å². The molecular formula is C20H22ClNO3. The van der Waals surface area contributed by atoms with Crippen molar-refractivity contribution in [1.29, 1.82) is 0 Å². The standard InChI is InChI=1S/C20H22ClNO3/c1-13(20(23)22-17-12-15(21)10-11-19(17)24-2)25-18-9-5-7-14-6-3-4-8-16(14)18/h5,7,9-13H,3-4,6,8H2,1-2H3,(H,22,23). The number of ether oxygens (including phenoxy) is 2. The monoisotopic (exact) mass is 359 g/mol. The van der Waals surface area contributed by atoms with E-state index < -0.39 is 6.10 Å². The molecule has 0 bridgehead atoms. The minimum Gasteiger partial charge on any atom is -0.495 e. The largest absolute Gasteiger partial charge is 0.495 e. The first-order valence-corrected chi connectivity index (χ1v) is 8.88. The zero-order chi connectivity index (χ0) is 17.8. The van der Waals surface area contributed by atoms with E-state index in [0.29, 0.717) is 16.5 Å². The fourth-order valence-electron chi connectivity index (χ4n) is 3.11. The normalized spacial score (nSPS) is 14.4. The highest BCUT2D eigenvalue weighted by molar-refractivity contribution is 6.31. The molecule has 1 amide bonds. The Hall–Kier alpha value is -2.20. The number of methoxy groups -OCH3 is 1. The van der Waals surface area contributed by atoms with Crippen LogP contribution >= 0.6 is 11.6 Å². The van der Waals surface area contributed by atoms with Crippen LogP contribution in [-0.2, 0) is 17.6 Å². The van der Waals surface area contributed by atoms with E-state index in [2.05, 4.69) is 11.4 Å². The molecule has 0 saturated heterocycles. The maximum Gasteiger partial charge on any atom is 0.265 e. The molecule has 1 aliphatic rings. The Morgan fingerprint density at radius 1 is 1.16 bits per heavy atom. The molecule has 1 aliphatic carbocycles. The predicted octanol–water partition coefficient (Wildman–Crippen LogP) is 4.63. The molecule has 2 aromatic rings. The number of carbonyl (C=O) groups excluding carboxylic acids is 1. The molecule has 132 valence electrons. The lowest BCUT2D eigenvalue weighted by molar-refractivity contribution is -0.122. The Morgan fingerprint density at radius 3 is 2.76 bits per heavy atom. The number of benzene rings is 2. The summed E-state index contributed by atoms with van der Waals surface area (Å²) in [6, 6.07) is 11.2. The van der Waals surface area contributed by atoms with Gasteiger partial charge >= 0.3 is 0 Å². The quantitative estimate of drug-likeness (QED) is 0.846. The maximum atomic E-state index is 12.5. The Bertz CT molecular complexity index is 776. The van der Waals surface area contributed by atoms with Crippen LogP contribution in [-0.4, -0.2) is 19.1 Å². The van der Waals surface area contributed by atoms with Crippen LogP contribution in [0, 0.1) is 0 Å². The molecule has 3 rings (SSSR count). The molecule has 0 aliphatic heterocycles. The molecule has 4 nitrogen and oxygen atoms in total. The second kappa shape index (κ2) is 7.79. The van der Waals surface area contributed by atoms with E-state index in [9.17, 15) is 4.79 Å². The summed E-state index contributed by atoms with van der Waals surface area (Å²) in [5.41, 5.74) is 3.09. The number of carbonyl (C=O) groups is 1. The summed E-state index contributed by atoms with van der Waals surface area (Å²) >= 11 is 6.01. The third kappa shape index (κ3) is 4.07. The molecule has 0 spiro atoms. The summed E-state index contributed by atoms with van der Waals surface area (Å²) in [6.45, 7) is 1.74. The number of rotatable bonds is 5. The van der Waals surface area contributed by atoms with Gasteiger partial charge in [-0.05, 0) is 68.0 Å². The summed E-state index contributed by atoms with van der Waals surface area (Å²) in [6.07, 6.45) is 3.82. The number of fused-ring (bicyclic) bond motifs is 1. The lowest BCUT2D eigenvalue weighted by Gasteiger charge is -2.22. The van der Waals surface area contributed by atoms with Crippen LogP contribution in [0.2, 0.25) is 5.02 Å². The van der Waals surface area contributed by atoms with Crippen LogP contribution in [0.15, 0.2) is 36.4 Å². The lowest BCUT2D eigenvalue weighted by Crippen LogP contribution is -2.30. The molecule has 0 aromatic heterocycles. The zero-order valence-corrected chi connectivity index (χ0v) is 15.2. The summed E-state index contributed by atoms with van der Waals surface area (Å²) in [5.74, 6) is 1.12. The first-order valence-electron chi connectivity index (χ1n) is 8.50. The van der Waals surface area contributed by atoms with Crippen molar-refractivity contribution in [3.63, 3.8) is 0 Å². The Morgan fingerprint density at radius 2 is 1.96 bits per heavy atom. The molecule has 25 heavy (non-hydrogen) atoms. The van der Waals surface area contributed by atoms with Gasteiger partial charge in [0.05, 0.1) is 12.8 Å². The molecule has 0 heterocycles. The van der Waals surface area contributed by atoms with Crippen LogP contribution in [0.3, 0.4) is 0 Å². The van der Waals surface area contributed by atoms with Crippen molar-refractivity contribution < 1.29 is 14.3 Å². The number of halogens is 1. The zero-order valence-electron chi connectivity index (χ0n) is 14.5. The Kier molecular flexibility index (Phi) is 5.49. The van der Waals surface area contributed by atoms with Crippen LogP contribution in [0.5, 0.6) is 11.5 Å². The average Bonchev–Trinajstić information content (AvgIpc) is 2.62. The molecule has 5 heteroatoms. The summed E-state index contributed by atoms with van der Waals surface area (Å²) < 4.78 is 11.2. The molecule has 0 saturated carbocycles. The Labute approximate surface area is 153 Å². The van der Waals surface area contributed by atoms with Gasteiger partial charge in [0, 0.05) is 5.02 Å². The number of aryl methyl sites for hydroxylation is 1. The highest BCUT2D eigenvalue weighted by atomic mass is 35.5. The first-order chi connectivity index (χ1) is 12.1. The smallest absolute Gasteiger partial charge is 0.265 e. The summed E-state index contributed by atoms with van der Waals surface area (Å²) in [4.78, 5) is 12.5. The van der Waals surface area contributed by atoms with Gasteiger partial charge < -0.3 is 14.8 Å². The molecule has 0 fully saturated rings. The molecular weight excluding hydrogens is 338 g/mol. The highest BCUT2D eigenvalue weighted by Crippen LogP contribution is 2.31. The van der Waals surface area contributed by atoms with Crippen LogP contribution in [0.1, 0.15) is 30.9 Å². The minimum atomic E-state index is -0.628. The van der Waals surface area contributed by atoms with Crippen molar-refractivity contribution >= 4 is 23.2 Å². The van der Waals surface area contributed by atoms with E-state index in [0.717, 1.165) is 25.0 Å². The fraction of sp³-hybridized carbons (Fsp3) is 0.350. The van der Waals surface area contributed by atoms with Crippen molar-refractivity contribution in [2.45, 2.75) is 38.7 Å². The number of anilines is 1. The number of hydrogen-bond donors (Lipinski definition) is 1. The van der Waals surface area contributed by atoms with Crippen molar-refractivity contribution in [3.05, 3.63) is 52.5 Å². The predicted molar refractivity (Wildman–Crippen MR) is 99.8 cm³/mol. The minimum absolute atomic E-state index is 0.242. The van der Waals surface area contributed by atoms with Gasteiger partial charge in [0.15, 0.2) is 6.10 Å². The van der Waals surface area contributed by atoms with E-state index in [1.807, 2.05) is 12.1 Å². The Balaban J connectivity index is 1.73. The average molecular weight is 360 g/mol. The maximum absolute atomic E-state index is 12.5. The number of nitrogens with one attached hydrogen (secondary N) is 1. The topological polar surface area (TPSA) is 47.6 Å². The second-order valence-electron chi connectivity index (χ2n) is 6.19. The van der Waals surface area contributed by atoms with Gasteiger partial charge in [-0.3, -0.25) is 4.79 Å². The molecule has 1 N–H and O–H groups in total. The van der Waals surface area contributed by atoms with Gasteiger partial charge in [-0.1, -0.05) is 23.7 Å². The third-order valence-corrected chi connectivity index (χ3v) is 4.68. The number of amides is 1. The van der Waals surface area contributed by atoms with E-state index >= 15 is 0 Å². The van der Waals surface area contributed by atoms with Gasteiger partial charge in [-0.15, -0.1) is 0 Å². The van der Waals surface area contributed by atoms with Crippen LogP contribution in [0.25, 0.3) is 0 Å². The van der Waals surface area contributed by atoms with Gasteiger partial charge in [0.25, 0.3) is 5.91 Å². The fourth-order valence-corrected chi connectivity index (χ4v) is 3.29. The van der Waals surface area contributed by atoms with E-state index in [1.165, 1.54) is 17.5 Å². The van der Waals surface area contributed by atoms with E-state index in [-0.39, 0.29) is 5.91 Å². The molecule has 0 radical (unpaired) electrons. The number of hydrogen-bond acceptors (Lipinski definition) is 3. The first kappa shape index (κ1) is 17.6. The van der Waals surface area contributed by atoms with Crippen molar-refractivity contribution in [2.75, 3.05) is 12.4 Å². The second-order valence-corrected chi connectivity index (χ2v) is 6.63. The summed E-state index contributed by atoms with van der Waals surface area (Å²) in [5, 5.41) is 3.36.